The third-order valence-corrected chi connectivity index (χ3v) is 4.27. The summed E-state index contributed by atoms with van der Waals surface area (Å²) in [5.41, 5.74) is 1.88. The van der Waals surface area contributed by atoms with Crippen LogP contribution in [0.3, 0.4) is 0 Å². The second-order valence-electron chi connectivity index (χ2n) is 5.95. The third-order valence-electron chi connectivity index (χ3n) is 4.27. The highest BCUT2D eigenvalue weighted by Crippen LogP contribution is 2.14. The van der Waals surface area contributed by atoms with E-state index in [1.54, 1.807) is 12.1 Å². The average Bonchev–Trinajstić information content (AvgIpc) is 2.93. The fourth-order valence-electron chi connectivity index (χ4n) is 2.93. The maximum Gasteiger partial charge on any atom is 0.224 e. The van der Waals surface area contributed by atoms with Crippen LogP contribution in [-0.2, 0) is 17.8 Å². The molecular weight excluding hydrogens is 291 g/mol. The van der Waals surface area contributed by atoms with Crippen LogP contribution in [0.4, 0.5) is 4.39 Å². The summed E-state index contributed by atoms with van der Waals surface area (Å²) < 4.78 is 13.6. The minimum Gasteiger partial charge on any atom is -0.341 e. The van der Waals surface area contributed by atoms with Crippen LogP contribution in [0.5, 0.6) is 0 Å². The van der Waals surface area contributed by atoms with Crippen LogP contribution >= 0.6 is 0 Å². The zero-order valence-corrected chi connectivity index (χ0v) is 13.0. The Balaban J connectivity index is 1.48. The predicted octanol–water partition coefficient (Wildman–Crippen LogP) is 2.76. The molecule has 23 heavy (non-hydrogen) atoms. The molecule has 0 aromatic heterocycles. The van der Waals surface area contributed by atoms with Gasteiger partial charge in [0, 0.05) is 37.7 Å². The summed E-state index contributed by atoms with van der Waals surface area (Å²) in [4.78, 5) is 14.0. The maximum absolute atomic E-state index is 13.6. The summed E-state index contributed by atoms with van der Waals surface area (Å²) in [6, 6.07) is 17.0. The molecule has 1 N–H and O–H groups in total. The van der Waals surface area contributed by atoms with Gasteiger partial charge >= 0.3 is 0 Å². The number of likely N-dealkylation sites (tertiary alicyclic amines) is 1. The number of amides is 1. The van der Waals surface area contributed by atoms with Gasteiger partial charge in [0.05, 0.1) is 0 Å². The van der Waals surface area contributed by atoms with E-state index in [0.29, 0.717) is 25.1 Å². The molecule has 1 fully saturated rings. The Morgan fingerprint density at radius 3 is 2.61 bits per heavy atom. The average molecular weight is 312 g/mol. The second kappa shape index (κ2) is 7.38. The SMILES string of the molecule is O=C1CC(NCc2ccccc2F)CN1CCc1ccccc1. The summed E-state index contributed by atoms with van der Waals surface area (Å²) in [5, 5.41) is 3.29. The van der Waals surface area contributed by atoms with E-state index in [1.807, 2.05) is 29.2 Å². The molecule has 1 saturated heterocycles. The molecular formula is C19H21FN2O. The Hall–Kier alpha value is -2.20. The highest BCUT2D eigenvalue weighted by molar-refractivity contribution is 5.79. The number of carbonyl (C=O) groups excluding carboxylic acids is 1. The second-order valence-corrected chi connectivity index (χ2v) is 5.95. The molecule has 1 aliphatic heterocycles. The molecule has 2 aromatic carbocycles. The van der Waals surface area contributed by atoms with Crippen molar-refractivity contribution < 1.29 is 9.18 Å². The van der Waals surface area contributed by atoms with Crippen LogP contribution in [0.15, 0.2) is 54.6 Å². The van der Waals surface area contributed by atoms with Crippen molar-refractivity contribution in [2.24, 2.45) is 0 Å². The first-order chi connectivity index (χ1) is 11.2. The van der Waals surface area contributed by atoms with Crippen LogP contribution in [0, 0.1) is 5.82 Å². The predicted molar refractivity (Wildman–Crippen MR) is 88.4 cm³/mol. The van der Waals surface area contributed by atoms with Gasteiger partial charge in [0.15, 0.2) is 0 Å². The van der Waals surface area contributed by atoms with E-state index in [-0.39, 0.29) is 17.8 Å². The summed E-state index contributed by atoms with van der Waals surface area (Å²) in [6.07, 6.45) is 1.36. The van der Waals surface area contributed by atoms with E-state index in [1.165, 1.54) is 11.6 Å². The van der Waals surface area contributed by atoms with Gasteiger partial charge in [-0.2, -0.15) is 0 Å². The Morgan fingerprint density at radius 2 is 1.83 bits per heavy atom. The minimum absolute atomic E-state index is 0.0953. The van der Waals surface area contributed by atoms with Gasteiger partial charge in [-0.15, -0.1) is 0 Å². The van der Waals surface area contributed by atoms with Crippen LogP contribution < -0.4 is 5.32 Å². The highest BCUT2D eigenvalue weighted by Gasteiger charge is 2.28. The number of carbonyl (C=O) groups is 1. The molecule has 1 aliphatic rings. The molecule has 0 saturated carbocycles. The largest absolute Gasteiger partial charge is 0.341 e. The van der Waals surface area contributed by atoms with E-state index in [4.69, 9.17) is 0 Å². The number of halogens is 1. The summed E-state index contributed by atoms with van der Waals surface area (Å²) >= 11 is 0. The van der Waals surface area contributed by atoms with Gasteiger partial charge in [0.2, 0.25) is 5.91 Å². The van der Waals surface area contributed by atoms with Crippen molar-refractivity contribution in [1.82, 2.24) is 10.2 Å². The highest BCUT2D eigenvalue weighted by atomic mass is 19.1. The van der Waals surface area contributed by atoms with Gasteiger partial charge in [0.25, 0.3) is 0 Å². The maximum atomic E-state index is 13.6. The van der Waals surface area contributed by atoms with Crippen LogP contribution in [0.1, 0.15) is 17.5 Å². The van der Waals surface area contributed by atoms with Gasteiger partial charge in [0.1, 0.15) is 5.82 Å². The van der Waals surface area contributed by atoms with E-state index >= 15 is 0 Å². The van der Waals surface area contributed by atoms with Crippen molar-refractivity contribution in [2.75, 3.05) is 13.1 Å². The number of nitrogens with one attached hydrogen (secondary N) is 1. The van der Waals surface area contributed by atoms with E-state index in [9.17, 15) is 9.18 Å². The van der Waals surface area contributed by atoms with Gasteiger partial charge in [-0.3, -0.25) is 4.79 Å². The Kier molecular flexibility index (Phi) is 5.03. The number of hydrogen-bond acceptors (Lipinski definition) is 2. The Labute approximate surface area is 136 Å². The lowest BCUT2D eigenvalue weighted by atomic mass is 10.1. The number of benzene rings is 2. The van der Waals surface area contributed by atoms with Gasteiger partial charge in [-0.25, -0.2) is 4.39 Å². The van der Waals surface area contributed by atoms with Crippen molar-refractivity contribution in [3.63, 3.8) is 0 Å². The molecule has 1 amide bonds. The number of hydrogen-bond donors (Lipinski definition) is 1. The molecule has 120 valence electrons. The lowest BCUT2D eigenvalue weighted by Crippen LogP contribution is -2.33. The lowest BCUT2D eigenvalue weighted by molar-refractivity contribution is -0.127. The molecule has 4 heteroatoms. The molecule has 0 radical (unpaired) electrons. The molecule has 1 atom stereocenters. The van der Waals surface area contributed by atoms with Crippen LogP contribution in [-0.4, -0.2) is 29.9 Å². The van der Waals surface area contributed by atoms with Gasteiger partial charge < -0.3 is 10.2 Å². The fourth-order valence-corrected chi connectivity index (χ4v) is 2.93. The fraction of sp³-hybridized carbons (Fsp3) is 0.316. The lowest BCUT2D eigenvalue weighted by Gasteiger charge is -2.17. The molecule has 0 spiro atoms. The topological polar surface area (TPSA) is 32.3 Å². The Morgan fingerprint density at radius 1 is 1.09 bits per heavy atom. The number of nitrogens with zero attached hydrogens (tertiary/aromatic N) is 1. The molecule has 0 aliphatic carbocycles. The molecule has 0 bridgehead atoms. The van der Waals surface area contributed by atoms with E-state index in [2.05, 4.69) is 17.4 Å². The molecule has 3 rings (SSSR count). The van der Waals surface area contributed by atoms with Crippen LogP contribution in [0.2, 0.25) is 0 Å². The molecule has 1 heterocycles. The van der Waals surface area contributed by atoms with Crippen molar-refractivity contribution in [3.8, 4) is 0 Å². The summed E-state index contributed by atoms with van der Waals surface area (Å²) in [7, 11) is 0. The monoisotopic (exact) mass is 312 g/mol. The zero-order valence-electron chi connectivity index (χ0n) is 13.0. The van der Waals surface area contributed by atoms with Crippen LogP contribution in [0.25, 0.3) is 0 Å². The third kappa shape index (κ3) is 4.17. The first-order valence-electron chi connectivity index (χ1n) is 8.01. The first kappa shape index (κ1) is 15.7. The molecule has 3 nitrogen and oxygen atoms in total. The minimum atomic E-state index is -0.203. The molecule has 2 aromatic rings. The van der Waals surface area contributed by atoms with E-state index < -0.39 is 0 Å². The van der Waals surface area contributed by atoms with Crippen molar-refractivity contribution in [2.45, 2.75) is 25.4 Å². The number of rotatable bonds is 6. The zero-order chi connectivity index (χ0) is 16.1. The van der Waals surface area contributed by atoms with E-state index in [0.717, 1.165) is 13.0 Å². The van der Waals surface area contributed by atoms with Crippen molar-refractivity contribution in [1.29, 1.82) is 0 Å². The smallest absolute Gasteiger partial charge is 0.224 e. The van der Waals surface area contributed by atoms with Crippen molar-refractivity contribution in [3.05, 3.63) is 71.5 Å². The summed E-state index contributed by atoms with van der Waals surface area (Å²) in [5.74, 6) is -0.0304. The molecule has 1 unspecified atom stereocenters. The normalized spacial score (nSPS) is 17.7. The summed E-state index contributed by atoms with van der Waals surface area (Å²) in [6.45, 7) is 1.89. The Bertz CT molecular complexity index is 659. The van der Waals surface area contributed by atoms with Gasteiger partial charge in [-0.05, 0) is 18.1 Å². The van der Waals surface area contributed by atoms with Gasteiger partial charge in [-0.1, -0.05) is 48.5 Å². The quantitative estimate of drug-likeness (QED) is 0.889. The standard InChI is InChI=1S/C19H21FN2O/c20-18-9-5-4-8-16(18)13-21-17-12-19(23)22(14-17)11-10-15-6-2-1-3-7-15/h1-9,17,21H,10-14H2. The van der Waals surface area contributed by atoms with Crippen molar-refractivity contribution >= 4 is 5.91 Å². The first-order valence-corrected chi connectivity index (χ1v) is 8.01.